The fraction of sp³-hybridized carbons (Fsp3) is 0.357. The Bertz CT molecular complexity index is 673. The van der Waals surface area contributed by atoms with E-state index < -0.39 is 17.7 Å². The van der Waals surface area contributed by atoms with Gasteiger partial charge in [-0.15, -0.1) is 0 Å². The van der Waals surface area contributed by atoms with Crippen molar-refractivity contribution in [2.75, 3.05) is 7.05 Å². The molecule has 2 amide bonds. The number of rotatable bonds is 4. The monoisotopic (exact) mass is 309 g/mol. The van der Waals surface area contributed by atoms with E-state index >= 15 is 0 Å². The molecule has 1 unspecified atom stereocenters. The molecule has 22 heavy (non-hydrogen) atoms. The summed E-state index contributed by atoms with van der Waals surface area (Å²) in [6, 6.07) is 2.75. The van der Waals surface area contributed by atoms with Gasteiger partial charge in [0.05, 0.1) is 12.6 Å². The molecule has 0 saturated heterocycles. The third-order valence-electron chi connectivity index (χ3n) is 3.31. The van der Waals surface area contributed by atoms with E-state index in [1.54, 1.807) is 25.7 Å². The predicted octanol–water partition coefficient (Wildman–Crippen LogP) is 2.00. The van der Waals surface area contributed by atoms with Crippen LogP contribution in [-0.2, 0) is 13.6 Å². The minimum Gasteiger partial charge on any atom is -0.331 e. The lowest BCUT2D eigenvalue weighted by molar-refractivity contribution is 0.202. The van der Waals surface area contributed by atoms with Gasteiger partial charge in [-0.25, -0.2) is 18.6 Å². The lowest BCUT2D eigenvalue weighted by Gasteiger charge is -2.21. The Hall–Kier alpha value is -2.51. The minimum absolute atomic E-state index is 0.285. The van der Waals surface area contributed by atoms with Crippen molar-refractivity contribution in [1.29, 1.82) is 0 Å². The quantitative estimate of drug-likeness (QED) is 0.939. The first-order valence-corrected chi connectivity index (χ1v) is 6.68. The number of nitrogens with one attached hydrogen (secondary N) is 1. The number of hydrogen-bond donors (Lipinski definition) is 1. The molecule has 0 aliphatic rings. The highest BCUT2D eigenvalue weighted by Crippen LogP contribution is 2.16. The summed E-state index contributed by atoms with van der Waals surface area (Å²) in [6.07, 6.45) is 1.41. The first-order chi connectivity index (χ1) is 10.4. The summed E-state index contributed by atoms with van der Waals surface area (Å²) < 4.78 is 27.7. The molecule has 0 spiro atoms. The Morgan fingerprint density at radius 1 is 1.41 bits per heavy atom. The van der Waals surface area contributed by atoms with Gasteiger partial charge in [-0.05, 0) is 24.6 Å². The van der Waals surface area contributed by atoms with Crippen molar-refractivity contribution in [3.63, 3.8) is 0 Å². The number of nitrogens with zero attached hydrogens (tertiary/aromatic N) is 4. The second-order valence-electron chi connectivity index (χ2n) is 5.00. The molecule has 6 nitrogen and oxygen atoms in total. The Balaban J connectivity index is 1.98. The lowest BCUT2D eigenvalue weighted by Crippen LogP contribution is -2.38. The van der Waals surface area contributed by atoms with Crippen LogP contribution in [0.5, 0.6) is 0 Å². The molecular formula is C14H17F2N5O. The lowest BCUT2D eigenvalue weighted by atomic mass is 10.1. The van der Waals surface area contributed by atoms with Crippen LogP contribution in [0.25, 0.3) is 0 Å². The van der Waals surface area contributed by atoms with Gasteiger partial charge in [-0.2, -0.15) is 5.10 Å². The van der Waals surface area contributed by atoms with E-state index in [4.69, 9.17) is 0 Å². The predicted molar refractivity (Wildman–Crippen MR) is 75.8 cm³/mol. The van der Waals surface area contributed by atoms with Crippen molar-refractivity contribution >= 4 is 6.03 Å². The van der Waals surface area contributed by atoms with Crippen LogP contribution in [0.4, 0.5) is 13.6 Å². The van der Waals surface area contributed by atoms with Gasteiger partial charge < -0.3 is 10.2 Å². The van der Waals surface area contributed by atoms with Crippen LogP contribution < -0.4 is 5.32 Å². The van der Waals surface area contributed by atoms with Crippen LogP contribution in [-0.4, -0.2) is 32.7 Å². The topological polar surface area (TPSA) is 63.1 Å². The molecule has 0 saturated carbocycles. The fourth-order valence-electron chi connectivity index (χ4n) is 1.91. The second kappa shape index (κ2) is 6.50. The zero-order valence-electron chi connectivity index (χ0n) is 12.5. The van der Waals surface area contributed by atoms with E-state index in [1.165, 1.54) is 17.3 Å². The molecule has 1 N–H and O–H groups in total. The maximum absolute atomic E-state index is 13.2. The second-order valence-corrected chi connectivity index (χ2v) is 5.00. The fourth-order valence-corrected chi connectivity index (χ4v) is 1.91. The highest BCUT2D eigenvalue weighted by atomic mass is 19.2. The Morgan fingerprint density at radius 2 is 2.14 bits per heavy atom. The molecular weight excluding hydrogens is 292 g/mol. The first-order valence-electron chi connectivity index (χ1n) is 6.68. The van der Waals surface area contributed by atoms with Crippen molar-refractivity contribution in [3.8, 4) is 0 Å². The van der Waals surface area contributed by atoms with E-state index in [2.05, 4.69) is 15.4 Å². The van der Waals surface area contributed by atoms with E-state index in [-0.39, 0.29) is 12.6 Å². The normalized spacial score (nSPS) is 12.0. The van der Waals surface area contributed by atoms with Crippen LogP contribution >= 0.6 is 0 Å². The molecule has 8 heteroatoms. The van der Waals surface area contributed by atoms with Gasteiger partial charge in [-0.1, -0.05) is 6.07 Å². The van der Waals surface area contributed by atoms with E-state index in [9.17, 15) is 13.6 Å². The van der Waals surface area contributed by atoms with E-state index in [0.29, 0.717) is 11.4 Å². The molecule has 1 aromatic heterocycles. The first kappa shape index (κ1) is 15.9. The van der Waals surface area contributed by atoms with Gasteiger partial charge in [0.2, 0.25) is 0 Å². The average molecular weight is 309 g/mol. The van der Waals surface area contributed by atoms with Crippen molar-refractivity contribution < 1.29 is 13.6 Å². The number of aromatic nitrogens is 3. The molecule has 0 bridgehead atoms. The summed E-state index contributed by atoms with van der Waals surface area (Å²) in [4.78, 5) is 17.6. The van der Waals surface area contributed by atoms with Gasteiger partial charge >= 0.3 is 6.03 Å². The molecule has 0 fully saturated rings. The smallest absolute Gasteiger partial charge is 0.318 e. The molecule has 0 aliphatic heterocycles. The SMILES string of the molecule is CC(NC(=O)N(C)Cc1ncnn1C)c1ccc(F)c(F)c1. The zero-order chi connectivity index (χ0) is 16.3. The zero-order valence-corrected chi connectivity index (χ0v) is 12.5. The van der Waals surface area contributed by atoms with Crippen molar-refractivity contribution in [3.05, 3.63) is 47.5 Å². The molecule has 0 aliphatic carbocycles. The highest BCUT2D eigenvalue weighted by molar-refractivity contribution is 5.74. The van der Waals surface area contributed by atoms with Gasteiger partial charge in [0.25, 0.3) is 0 Å². The Labute approximate surface area is 126 Å². The van der Waals surface area contributed by atoms with Crippen molar-refractivity contribution in [1.82, 2.24) is 25.0 Å². The van der Waals surface area contributed by atoms with Crippen LogP contribution in [0.1, 0.15) is 24.4 Å². The van der Waals surface area contributed by atoms with Gasteiger partial charge in [0.1, 0.15) is 12.2 Å². The number of carbonyl (C=O) groups is 1. The molecule has 1 heterocycles. The molecule has 0 radical (unpaired) electrons. The van der Waals surface area contributed by atoms with Crippen LogP contribution in [0.3, 0.4) is 0 Å². The summed E-state index contributed by atoms with van der Waals surface area (Å²) in [7, 11) is 3.35. The summed E-state index contributed by atoms with van der Waals surface area (Å²) >= 11 is 0. The number of halogens is 2. The maximum atomic E-state index is 13.2. The number of benzene rings is 1. The molecule has 2 rings (SSSR count). The Morgan fingerprint density at radius 3 is 2.73 bits per heavy atom. The summed E-state index contributed by atoms with van der Waals surface area (Å²) in [5.74, 6) is -1.22. The number of aryl methyl sites for hydroxylation is 1. The van der Waals surface area contributed by atoms with Gasteiger partial charge in [0.15, 0.2) is 11.6 Å². The third-order valence-corrected chi connectivity index (χ3v) is 3.31. The molecule has 118 valence electrons. The average Bonchev–Trinajstić information content (AvgIpc) is 2.87. The van der Waals surface area contributed by atoms with Crippen LogP contribution in [0, 0.1) is 11.6 Å². The maximum Gasteiger partial charge on any atom is 0.318 e. The molecule has 1 aromatic carbocycles. The van der Waals surface area contributed by atoms with Crippen molar-refractivity contribution in [2.45, 2.75) is 19.5 Å². The molecule has 1 atom stereocenters. The number of carbonyl (C=O) groups excluding carboxylic acids is 1. The van der Waals surface area contributed by atoms with Crippen LogP contribution in [0.15, 0.2) is 24.5 Å². The summed E-state index contributed by atoms with van der Waals surface area (Å²) in [6.45, 7) is 1.98. The summed E-state index contributed by atoms with van der Waals surface area (Å²) in [5.41, 5.74) is 0.485. The largest absolute Gasteiger partial charge is 0.331 e. The Kier molecular flexibility index (Phi) is 4.69. The number of hydrogen-bond acceptors (Lipinski definition) is 3. The highest BCUT2D eigenvalue weighted by Gasteiger charge is 2.16. The van der Waals surface area contributed by atoms with Gasteiger partial charge in [-0.3, -0.25) is 4.68 Å². The van der Waals surface area contributed by atoms with Crippen molar-refractivity contribution in [2.24, 2.45) is 7.05 Å². The molecule has 2 aromatic rings. The van der Waals surface area contributed by atoms with Crippen LogP contribution in [0.2, 0.25) is 0 Å². The minimum atomic E-state index is -0.939. The third kappa shape index (κ3) is 3.57. The van der Waals surface area contributed by atoms with Gasteiger partial charge in [0, 0.05) is 14.1 Å². The standard InChI is InChI=1S/C14H17F2N5O/c1-9(10-4-5-11(15)12(16)6-10)19-14(22)20(2)7-13-17-8-18-21(13)3/h4-6,8-9H,7H2,1-3H3,(H,19,22). The van der Waals surface area contributed by atoms with E-state index in [1.807, 2.05) is 0 Å². The van der Waals surface area contributed by atoms with E-state index in [0.717, 1.165) is 12.1 Å². The summed E-state index contributed by atoms with van der Waals surface area (Å²) in [5, 5.41) is 6.64. The number of amides is 2. The number of urea groups is 1.